The predicted molar refractivity (Wildman–Crippen MR) is 78.2 cm³/mol. The summed E-state index contributed by atoms with van der Waals surface area (Å²) in [6.45, 7) is 12.1. The molecule has 0 amide bonds. The second-order valence-corrected chi connectivity index (χ2v) is 4.84. The maximum absolute atomic E-state index is 10.3. The van der Waals surface area contributed by atoms with Crippen LogP contribution in [0, 0.1) is 0 Å². The first-order valence-electron chi connectivity index (χ1n) is 7.48. The molecule has 3 N–H and O–H groups in total. The number of likely N-dealkylation sites (N-methyl/N-ethyl adjacent to an activating group) is 1. The molecule has 0 heterocycles. The Hall–Kier alpha value is -0.200. The van der Waals surface area contributed by atoms with Crippen LogP contribution in [0.4, 0.5) is 0 Å². The van der Waals surface area contributed by atoms with Crippen molar-refractivity contribution in [3.05, 3.63) is 0 Å². The van der Waals surface area contributed by atoms with Gasteiger partial charge in [-0.2, -0.15) is 0 Å². The van der Waals surface area contributed by atoms with E-state index >= 15 is 0 Å². The van der Waals surface area contributed by atoms with Gasteiger partial charge in [-0.25, -0.2) is 0 Å². The lowest BCUT2D eigenvalue weighted by Gasteiger charge is -2.36. The molecule has 0 fully saturated rings. The lowest BCUT2D eigenvalue weighted by Crippen LogP contribution is -2.52. The minimum atomic E-state index is -0.897. The van der Waals surface area contributed by atoms with E-state index in [1.54, 1.807) is 0 Å². The summed E-state index contributed by atoms with van der Waals surface area (Å²) in [6, 6.07) is -0.393. The van der Waals surface area contributed by atoms with E-state index in [0.717, 1.165) is 32.7 Å². The van der Waals surface area contributed by atoms with Crippen LogP contribution in [0.2, 0.25) is 0 Å². The van der Waals surface area contributed by atoms with Crippen LogP contribution in [0.25, 0.3) is 0 Å². The first-order valence-corrected chi connectivity index (χ1v) is 7.48. The van der Waals surface area contributed by atoms with Crippen molar-refractivity contribution >= 4 is 0 Å². The van der Waals surface area contributed by atoms with Crippen molar-refractivity contribution in [1.29, 1.82) is 0 Å². The molecule has 19 heavy (non-hydrogen) atoms. The van der Waals surface area contributed by atoms with Gasteiger partial charge in [0.2, 0.25) is 0 Å². The molecule has 0 radical (unpaired) electrons. The topological polar surface area (TPSA) is 67.2 Å². The summed E-state index contributed by atoms with van der Waals surface area (Å²) >= 11 is 0. The van der Waals surface area contributed by atoms with Crippen LogP contribution >= 0.6 is 0 Å². The van der Waals surface area contributed by atoms with Crippen molar-refractivity contribution in [3.8, 4) is 0 Å². The molecule has 3 unspecified atom stereocenters. The number of hydrogen-bond donors (Lipinski definition) is 3. The molecule has 0 aromatic heterocycles. The van der Waals surface area contributed by atoms with Gasteiger partial charge in [-0.05, 0) is 32.6 Å². The molecule has 0 aromatic carbocycles. The lowest BCUT2D eigenvalue weighted by molar-refractivity contribution is -0.0499. The largest absolute Gasteiger partial charge is 0.394 e. The van der Waals surface area contributed by atoms with Gasteiger partial charge in [0.05, 0.1) is 24.9 Å². The van der Waals surface area contributed by atoms with Crippen LogP contribution in [0.3, 0.4) is 0 Å². The summed E-state index contributed by atoms with van der Waals surface area (Å²) < 4.78 is 0. The smallest absolute Gasteiger partial charge is 0.0950 e. The van der Waals surface area contributed by atoms with E-state index < -0.39 is 18.2 Å². The molecule has 3 atom stereocenters. The standard InChI is InChI=1S/C14H32N2O3/c1-5-15(6-2)10-9-12(18)14(13(19)11-17)16(7-3)8-4/h12-14,17-19H,5-11H2,1-4H3. The second kappa shape index (κ2) is 10.6. The average Bonchev–Trinajstić information content (AvgIpc) is 2.44. The van der Waals surface area contributed by atoms with Gasteiger partial charge < -0.3 is 20.2 Å². The minimum absolute atomic E-state index is 0.316. The summed E-state index contributed by atoms with van der Waals surface area (Å²) in [5.74, 6) is 0. The quantitative estimate of drug-likeness (QED) is 0.501. The fourth-order valence-corrected chi connectivity index (χ4v) is 2.52. The number of nitrogens with zero attached hydrogens (tertiary/aromatic N) is 2. The van der Waals surface area contributed by atoms with Gasteiger partial charge in [-0.15, -0.1) is 0 Å². The zero-order chi connectivity index (χ0) is 14.8. The zero-order valence-corrected chi connectivity index (χ0v) is 12.9. The molecule has 0 rings (SSSR count). The van der Waals surface area contributed by atoms with Crippen molar-refractivity contribution in [2.75, 3.05) is 39.3 Å². The summed E-state index contributed by atoms with van der Waals surface area (Å²) in [6.07, 6.45) is -0.908. The number of aliphatic hydroxyl groups excluding tert-OH is 3. The molecule has 116 valence electrons. The van der Waals surface area contributed by atoms with Gasteiger partial charge in [0, 0.05) is 6.54 Å². The van der Waals surface area contributed by atoms with E-state index in [2.05, 4.69) is 18.7 Å². The molecule has 0 aliphatic heterocycles. The third-order valence-corrected chi connectivity index (χ3v) is 3.85. The SMILES string of the molecule is CCN(CC)CCC(O)C(C(O)CO)N(CC)CC. The van der Waals surface area contributed by atoms with E-state index in [1.165, 1.54) is 0 Å². The highest BCUT2D eigenvalue weighted by Gasteiger charge is 2.30. The van der Waals surface area contributed by atoms with Gasteiger partial charge in [0.15, 0.2) is 0 Å². The molecule has 0 saturated heterocycles. The average molecular weight is 276 g/mol. The summed E-state index contributed by atoms with van der Waals surface area (Å²) in [4.78, 5) is 4.25. The lowest BCUT2D eigenvalue weighted by atomic mass is 10.00. The molecule has 0 spiro atoms. The maximum Gasteiger partial charge on any atom is 0.0950 e. The maximum atomic E-state index is 10.3. The monoisotopic (exact) mass is 276 g/mol. The van der Waals surface area contributed by atoms with Crippen LogP contribution in [0.1, 0.15) is 34.1 Å². The highest BCUT2D eigenvalue weighted by atomic mass is 16.3. The molecule has 0 aliphatic rings. The Balaban J connectivity index is 4.57. The second-order valence-electron chi connectivity index (χ2n) is 4.84. The van der Waals surface area contributed by atoms with Crippen molar-refractivity contribution in [3.63, 3.8) is 0 Å². The van der Waals surface area contributed by atoms with Gasteiger partial charge in [0.25, 0.3) is 0 Å². The Labute approximate surface area is 117 Å². The zero-order valence-electron chi connectivity index (χ0n) is 12.9. The van der Waals surface area contributed by atoms with Gasteiger partial charge in [0.1, 0.15) is 0 Å². The van der Waals surface area contributed by atoms with Crippen molar-refractivity contribution in [2.45, 2.75) is 52.4 Å². The Bertz CT molecular complexity index is 209. The van der Waals surface area contributed by atoms with E-state index in [9.17, 15) is 10.2 Å². The van der Waals surface area contributed by atoms with Gasteiger partial charge in [-0.3, -0.25) is 4.90 Å². The van der Waals surface area contributed by atoms with E-state index in [4.69, 9.17) is 5.11 Å². The fourth-order valence-electron chi connectivity index (χ4n) is 2.52. The first kappa shape index (κ1) is 18.8. The number of hydrogen-bond acceptors (Lipinski definition) is 5. The van der Waals surface area contributed by atoms with Crippen molar-refractivity contribution in [1.82, 2.24) is 9.80 Å². The minimum Gasteiger partial charge on any atom is -0.394 e. The third-order valence-electron chi connectivity index (χ3n) is 3.85. The highest BCUT2D eigenvalue weighted by Crippen LogP contribution is 2.13. The molecule has 5 nitrogen and oxygen atoms in total. The molecule has 0 aliphatic carbocycles. The summed E-state index contributed by atoms with van der Waals surface area (Å²) in [5, 5.41) is 29.4. The van der Waals surface area contributed by atoms with E-state index in [-0.39, 0.29) is 6.61 Å². The predicted octanol–water partition coefficient (Wildman–Crippen LogP) is 0.143. The van der Waals surface area contributed by atoms with Crippen molar-refractivity contribution < 1.29 is 15.3 Å². The first-order chi connectivity index (χ1) is 9.05. The molecule has 5 heteroatoms. The fraction of sp³-hybridized carbons (Fsp3) is 1.00. The van der Waals surface area contributed by atoms with Crippen LogP contribution in [0.5, 0.6) is 0 Å². The van der Waals surface area contributed by atoms with Crippen LogP contribution in [-0.2, 0) is 0 Å². The van der Waals surface area contributed by atoms with Crippen LogP contribution in [-0.4, -0.2) is 82.7 Å². The molecule has 0 saturated carbocycles. The molecule has 0 aromatic rings. The Morgan fingerprint density at radius 2 is 1.37 bits per heavy atom. The van der Waals surface area contributed by atoms with Crippen LogP contribution < -0.4 is 0 Å². The van der Waals surface area contributed by atoms with E-state index in [1.807, 2.05) is 18.7 Å². The normalized spacial score (nSPS) is 16.9. The van der Waals surface area contributed by atoms with E-state index in [0.29, 0.717) is 6.42 Å². The number of rotatable bonds is 11. The van der Waals surface area contributed by atoms with Crippen molar-refractivity contribution in [2.24, 2.45) is 0 Å². The van der Waals surface area contributed by atoms with Crippen LogP contribution in [0.15, 0.2) is 0 Å². The Morgan fingerprint density at radius 1 is 0.842 bits per heavy atom. The summed E-state index contributed by atoms with van der Waals surface area (Å²) in [5.41, 5.74) is 0. The Kier molecular flexibility index (Phi) is 10.5. The molecular weight excluding hydrogens is 244 g/mol. The highest BCUT2D eigenvalue weighted by molar-refractivity contribution is 4.85. The molecular formula is C14H32N2O3. The number of aliphatic hydroxyl groups is 3. The van der Waals surface area contributed by atoms with Gasteiger partial charge in [-0.1, -0.05) is 27.7 Å². The molecule has 0 bridgehead atoms. The summed E-state index contributed by atoms with van der Waals surface area (Å²) in [7, 11) is 0. The van der Waals surface area contributed by atoms with Gasteiger partial charge >= 0.3 is 0 Å². The third kappa shape index (κ3) is 6.19. The Morgan fingerprint density at radius 3 is 1.74 bits per heavy atom.